The number of carbonyl (C=O) groups is 1. The third kappa shape index (κ3) is 2.53. The number of carboxylic acids is 1. The van der Waals surface area contributed by atoms with Crippen molar-refractivity contribution in [3.63, 3.8) is 0 Å². The zero-order valence-corrected chi connectivity index (χ0v) is 11.7. The van der Waals surface area contributed by atoms with Crippen LogP contribution in [0.15, 0.2) is 36.7 Å². The Bertz CT molecular complexity index is 845. The van der Waals surface area contributed by atoms with Crippen LogP contribution >= 0.6 is 11.6 Å². The van der Waals surface area contributed by atoms with Gasteiger partial charge in [0.1, 0.15) is 12.1 Å². The molecule has 2 aromatic heterocycles. The van der Waals surface area contributed by atoms with E-state index in [0.717, 1.165) is 5.56 Å². The van der Waals surface area contributed by atoms with Crippen LogP contribution in [0.3, 0.4) is 0 Å². The van der Waals surface area contributed by atoms with Crippen LogP contribution in [0.25, 0.3) is 5.65 Å². The van der Waals surface area contributed by atoms with Gasteiger partial charge in [0, 0.05) is 6.07 Å². The number of aromatic nitrogens is 3. The maximum atomic E-state index is 10.9. The Morgan fingerprint density at radius 2 is 2.14 bits per heavy atom. The summed E-state index contributed by atoms with van der Waals surface area (Å²) in [6, 6.07) is 7.94. The highest BCUT2D eigenvalue weighted by Gasteiger charge is 2.11. The van der Waals surface area contributed by atoms with Gasteiger partial charge < -0.3 is 9.84 Å². The minimum absolute atomic E-state index is 0.0995. The van der Waals surface area contributed by atoms with Crippen LogP contribution in [0.5, 0.6) is 11.6 Å². The molecule has 7 heteroatoms. The molecule has 0 aliphatic carbocycles. The topological polar surface area (TPSA) is 76.7 Å². The smallest absolute Gasteiger partial charge is 0.335 e. The van der Waals surface area contributed by atoms with Crippen molar-refractivity contribution in [3.05, 3.63) is 52.8 Å². The monoisotopic (exact) mass is 303 g/mol. The molecule has 2 heterocycles. The summed E-state index contributed by atoms with van der Waals surface area (Å²) in [6.45, 7) is 1.91. The van der Waals surface area contributed by atoms with Crippen molar-refractivity contribution < 1.29 is 14.6 Å². The normalized spacial score (nSPS) is 10.8. The van der Waals surface area contributed by atoms with E-state index in [4.69, 9.17) is 21.4 Å². The van der Waals surface area contributed by atoms with Gasteiger partial charge in [-0.1, -0.05) is 11.6 Å². The fraction of sp³-hybridized carbons (Fsp3) is 0.0714. The molecule has 0 aliphatic heterocycles. The van der Waals surface area contributed by atoms with Crippen LogP contribution in [0.1, 0.15) is 15.9 Å². The zero-order chi connectivity index (χ0) is 15.0. The number of aryl methyl sites for hydroxylation is 1. The van der Waals surface area contributed by atoms with E-state index in [1.165, 1.54) is 29.0 Å². The summed E-state index contributed by atoms with van der Waals surface area (Å²) in [4.78, 5) is 15.0. The number of nitrogens with zero attached hydrogens (tertiary/aromatic N) is 3. The molecule has 0 atom stereocenters. The molecule has 3 aromatic rings. The Balaban J connectivity index is 2.02. The maximum absolute atomic E-state index is 10.9. The Morgan fingerprint density at radius 3 is 2.86 bits per heavy atom. The quantitative estimate of drug-likeness (QED) is 0.804. The minimum Gasteiger partial charge on any atom is -0.478 e. The minimum atomic E-state index is -1.04. The molecule has 0 bridgehead atoms. The molecule has 6 nitrogen and oxygen atoms in total. The number of hydrogen-bond donors (Lipinski definition) is 1. The van der Waals surface area contributed by atoms with Crippen LogP contribution in [0.2, 0.25) is 5.02 Å². The standard InChI is InChI=1S/C14H10ClN3O3/c1-8-4-12-16-7-17-18(12)13(5-8)21-11-3-2-9(14(19)20)6-10(11)15/h2-7H,1H3,(H,19,20). The average Bonchev–Trinajstić information content (AvgIpc) is 2.88. The summed E-state index contributed by atoms with van der Waals surface area (Å²) in [5.41, 5.74) is 1.72. The molecule has 0 saturated carbocycles. The summed E-state index contributed by atoms with van der Waals surface area (Å²) in [7, 11) is 0. The van der Waals surface area contributed by atoms with Gasteiger partial charge >= 0.3 is 5.97 Å². The van der Waals surface area contributed by atoms with Crippen molar-refractivity contribution in [2.75, 3.05) is 0 Å². The summed E-state index contributed by atoms with van der Waals surface area (Å²) >= 11 is 6.05. The molecule has 21 heavy (non-hydrogen) atoms. The van der Waals surface area contributed by atoms with Crippen molar-refractivity contribution >= 4 is 23.2 Å². The van der Waals surface area contributed by atoms with E-state index in [-0.39, 0.29) is 10.6 Å². The predicted molar refractivity (Wildman–Crippen MR) is 76.2 cm³/mol. The lowest BCUT2D eigenvalue weighted by Crippen LogP contribution is -1.99. The van der Waals surface area contributed by atoms with E-state index in [1.807, 2.05) is 13.0 Å². The number of ether oxygens (including phenoxy) is 1. The summed E-state index contributed by atoms with van der Waals surface area (Å²) < 4.78 is 7.27. The van der Waals surface area contributed by atoms with Crippen LogP contribution in [-0.4, -0.2) is 25.7 Å². The van der Waals surface area contributed by atoms with Gasteiger partial charge in [0.05, 0.1) is 10.6 Å². The van der Waals surface area contributed by atoms with Crippen LogP contribution < -0.4 is 4.74 Å². The first-order chi connectivity index (χ1) is 10.0. The Kier molecular flexibility index (Phi) is 3.23. The molecule has 0 amide bonds. The van der Waals surface area contributed by atoms with Crippen molar-refractivity contribution in [1.29, 1.82) is 0 Å². The number of aromatic carboxylic acids is 1. The third-order valence-electron chi connectivity index (χ3n) is 2.88. The molecule has 0 spiro atoms. The highest BCUT2D eigenvalue weighted by Crippen LogP contribution is 2.30. The summed E-state index contributed by atoms with van der Waals surface area (Å²) in [6.07, 6.45) is 1.43. The molecule has 0 aliphatic rings. The highest BCUT2D eigenvalue weighted by molar-refractivity contribution is 6.32. The van der Waals surface area contributed by atoms with E-state index < -0.39 is 5.97 Å². The molecular weight excluding hydrogens is 294 g/mol. The van der Waals surface area contributed by atoms with Crippen molar-refractivity contribution in [1.82, 2.24) is 14.6 Å². The predicted octanol–water partition coefficient (Wildman–Crippen LogP) is 3.18. The lowest BCUT2D eigenvalue weighted by Gasteiger charge is -2.10. The zero-order valence-electron chi connectivity index (χ0n) is 10.9. The van der Waals surface area contributed by atoms with Gasteiger partial charge in [-0.2, -0.15) is 9.61 Å². The summed E-state index contributed by atoms with van der Waals surface area (Å²) in [5, 5.41) is 13.2. The number of rotatable bonds is 3. The van der Waals surface area contributed by atoms with Crippen LogP contribution in [0.4, 0.5) is 0 Å². The largest absolute Gasteiger partial charge is 0.478 e. The second-order valence-corrected chi connectivity index (χ2v) is 4.86. The van der Waals surface area contributed by atoms with E-state index in [2.05, 4.69) is 10.1 Å². The second-order valence-electron chi connectivity index (χ2n) is 4.45. The number of halogens is 1. The van der Waals surface area contributed by atoms with Gasteiger partial charge in [-0.25, -0.2) is 9.78 Å². The Hall–Kier alpha value is -2.60. The van der Waals surface area contributed by atoms with E-state index in [0.29, 0.717) is 17.3 Å². The number of benzene rings is 1. The van der Waals surface area contributed by atoms with Crippen molar-refractivity contribution in [2.24, 2.45) is 0 Å². The molecule has 106 valence electrons. The molecule has 0 unspecified atom stereocenters. The van der Waals surface area contributed by atoms with Gasteiger partial charge in [-0.05, 0) is 36.8 Å². The van der Waals surface area contributed by atoms with E-state index in [1.54, 1.807) is 6.07 Å². The maximum Gasteiger partial charge on any atom is 0.335 e. The molecule has 1 N–H and O–H groups in total. The second kappa shape index (κ2) is 5.06. The molecule has 3 rings (SSSR count). The number of carboxylic acid groups (broad SMARTS) is 1. The van der Waals surface area contributed by atoms with Crippen molar-refractivity contribution in [2.45, 2.75) is 6.92 Å². The average molecular weight is 304 g/mol. The first-order valence-electron chi connectivity index (χ1n) is 6.05. The SMILES string of the molecule is Cc1cc(Oc2ccc(C(=O)O)cc2Cl)n2ncnc2c1. The molecular formula is C14H10ClN3O3. The number of fused-ring (bicyclic) bond motifs is 1. The lowest BCUT2D eigenvalue weighted by molar-refractivity contribution is 0.0697. The molecule has 1 aromatic carbocycles. The highest BCUT2D eigenvalue weighted by atomic mass is 35.5. The van der Waals surface area contributed by atoms with E-state index in [9.17, 15) is 4.79 Å². The first kappa shape index (κ1) is 13.4. The van der Waals surface area contributed by atoms with E-state index >= 15 is 0 Å². The van der Waals surface area contributed by atoms with Gasteiger partial charge in [-0.3, -0.25) is 0 Å². The molecule has 0 saturated heterocycles. The van der Waals surface area contributed by atoms with Crippen molar-refractivity contribution in [3.8, 4) is 11.6 Å². The van der Waals surface area contributed by atoms with Crippen LogP contribution in [-0.2, 0) is 0 Å². The lowest BCUT2D eigenvalue weighted by atomic mass is 10.2. The van der Waals surface area contributed by atoms with Gasteiger partial charge in [0.25, 0.3) is 0 Å². The molecule has 0 fully saturated rings. The van der Waals surface area contributed by atoms with Gasteiger partial charge in [0.2, 0.25) is 5.88 Å². The number of pyridine rings is 1. The molecule has 0 radical (unpaired) electrons. The van der Waals surface area contributed by atoms with Gasteiger partial charge in [0.15, 0.2) is 5.65 Å². The Labute approximate surface area is 124 Å². The first-order valence-corrected chi connectivity index (χ1v) is 6.43. The fourth-order valence-corrected chi connectivity index (χ4v) is 2.14. The van der Waals surface area contributed by atoms with Crippen LogP contribution in [0, 0.1) is 6.92 Å². The number of hydrogen-bond acceptors (Lipinski definition) is 4. The summed E-state index contributed by atoms with van der Waals surface area (Å²) in [5.74, 6) is -0.241. The third-order valence-corrected chi connectivity index (χ3v) is 3.18. The fourth-order valence-electron chi connectivity index (χ4n) is 1.92. The van der Waals surface area contributed by atoms with Gasteiger partial charge in [-0.15, -0.1) is 0 Å². The Morgan fingerprint density at radius 1 is 1.33 bits per heavy atom.